The van der Waals surface area contributed by atoms with Crippen LogP contribution in [0.4, 0.5) is 0 Å². The molecule has 0 aromatic carbocycles. The Morgan fingerprint density at radius 2 is 2.25 bits per heavy atom. The van der Waals surface area contributed by atoms with Gasteiger partial charge in [-0.1, -0.05) is 0 Å². The molecule has 3 aromatic rings. The Bertz CT molecular complexity index is 711. The number of halogens is 1. The number of fused-ring (bicyclic) bond motifs is 1. The molecule has 104 valence electrons. The third-order valence-electron chi connectivity index (χ3n) is 3.05. The predicted octanol–water partition coefficient (Wildman–Crippen LogP) is 2.88. The van der Waals surface area contributed by atoms with Gasteiger partial charge in [-0.3, -0.25) is 0 Å². The maximum Gasteiger partial charge on any atom is 0.215 e. The van der Waals surface area contributed by atoms with E-state index in [0.717, 1.165) is 35.6 Å². The molecular weight excluding hydrogens is 296 g/mol. The summed E-state index contributed by atoms with van der Waals surface area (Å²) in [7, 11) is 1.60. The van der Waals surface area contributed by atoms with Crippen molar-refractivity contribution in [3.63, 3.8) is 0 Å². The molecule has 0 spiro atoms. The van der Waals surface area contributed by atoms with Crippen LogP contribution in [0.3, 0.4) is 0 Å². The maximum atomic E-state index is 5.98. The smallest absolute Gasteiger partial charge is 0.215 e. The third kappa shape index (κ3) is 2.48. The van der Waals surface area contributed by atoms with Crippen molar-refractivity contribution >= 4 is 34.1 Å². The molecule has 20 heavy (non-hydrogen) atoms. The van der Waals surface area contributed by atoms with Gasteiger partial charge in [0.15, 0.2) is 5.65 Å². The van der Waals surface area contributed by atoms with Gasteiger partial charge in [-0.05, 0) is 6.07 Å². The van der Waals surface area contributed by atoms with E-state index in [0.29, 0.717) is 11.8 Å². The highest BCUT2D eigenvalue weighted by atomic mass is 35.5. The van der Waals surface area contributed by atoms with Gasteiger partial charge in [0.2, 0.25) is 5.88 Å². The van der Waals surface area contributed by atoms with E-state index in [4.69, 9.17) is 16.3 Å². The molecule has 0 bridgehead atoms. The molecule has 0 aliphatic carbocycles. The second-order valence-corrected chi connectivity index (χ2v) is 5.23. The molecule has 0 atom stereocenters. The fraction of sp³-hybridized carbons (Fsp3) is 0.308. The summed E-state index contributed by atoms with van der Waals surface area (Å²) in [4.78, 5) is 13.3. The summed E-state index contributed by atoms with van der Waals surface area (Å²) in [6, 6.07) is 3.70. The number of nitrogens with zero attached hydrogens (tertiary/aromatic N) is 4. The van der Waals surface area contributed by atoms with E-state index >= 15 is 0 Å². The van der Waals surface area contributed by atoms with Crippen molar-refractivity contribution in [2.24, 2.45) is 0 Å². The van der Waals surface area contributed by atoms with Crippen LogP contribution in [-0.4, -0.2) is 26.6 Å². The van der Waals surface area contributed by atoms with E-state index in [-0.39, 0.29) is 0 Å². The zero-order chi connectivity index (χ0) is 13.9. The fourth-order valence-corrected chi connectivity index (χ4v) is 2.87. The summed E-state index contributed by atoms with van der Waals surface area (Å²) in [5.74, 6) is 1.75. The van der Waals surface area contributed by atoms with Crippen LogP contribution >= 0.6 is 22.9 Å². The molecule has 3 heterocycles. The van der Waals surface area contributed by atoms with E-state index in [1.807, 2.05) is 21.5 Å². The van der Waals surface area contributed by atoms with Gasteiger partial charge in [-0.25, -0.2) is 9.97 Å². The van der Waals surface area contributed by atoms with Crippen LogP contribution in [0, 0.1) is 0 Å². The van der Waals surface area contributed by atoms with Gasteiger partial charge in [0.25, 0.3) is 0 Å². The zero-order valence-electron chi connectivity index (χ0n) is 10.9. The average Bonchev–Trinajstić information content (AvgIpc) is 3.11. The normalized spacial score (nSPS) is 11.1. The van der Waals surface area contributed by atoms with Crippen LogP contribution in [-0.2, 0) is 18.8 Å². The highest BCUT2D eigenvalue weighted by molar-refractivity contribution is 7.07. The number of aromatic nitrogens is 4. The zero-order valence-corrected chi connectivity index (χ0v) is 12.5. The molecule has 3 aromatic heterocycles. The van der Waals surface area contributed by atoms with Crippen molar-refractivity contribution in [3.8, 4) is 5.88 Å². The Balaban J connectivity index is 1.97. The lowest BCUT2D eigenvalue weighted by Crippen LogP contribution is -2.06. The molecule has 3 rings (SSSR count). The van der Waals surface area contributed by atoms with Crippen molar-refractivity contribution in [1.82, 2.24) is 19.5 Å². The van der Waals surface area contributed by atoms with E-state index in [1.54, 1.807) is 24.5 Å². The predicted molar refractivity (Wildman–Crippen MR) is 79.5 cm³/mol. The SMILES string of the molecule is COc1ccc2nc(CCl)n(CCc3cscn3)c2n1. The van der Waals surface area contributed by atoms with Gasteiger partial charge in [-0.2, -0.15) is 4.98 Å². The van der Waals surface area contributed by atoms with Crippen molar-refractivity contribution in [1.29, 1.82) is 0 Å². The first-order valence-corrected chi connectivity index (χ1v) is 7.62. The van der Waals surface area contributed by atoms with Crippen LogP contribution in [0.1, 0.15) is 11.5 Å². The molecule has 0 aliphatic rings. The second-order valence-electron chi connectivity index (χ2n) is 4.24. The molecular formula is C13H13ClN4OS. The van der Waals surface area contributed by atoms with Gasteiger partial charge in [-0.15, -0.1) is 22.9 Å². The second kappa shape index (κ2) is 5.76. The van der Waals surface area contributed by atoms with Gasteiger partial charge in [0.1, 0.15) is 11.3 Å². The molecule has 7 heteroatoms. The lowest BCUT2D eigenvalue weighted by Gasteiger charge is -2.06. The monoisotopic (exact) mass is 308 g/mol. The Kier molecular flexibility index (Phi) is 3.84. The average molecular weight is 309 g/mol. The van der Waals surface area contributed by atoms with E-state index in [1.165, 1.54) is 0 Å². The van der Waals surface area contributed by atoms with Gasteiger partial charge in [0, 0.05) is 24.4 Å². The van der Waals surface area contributed by atoms with Crippen LogP contribution < -0.4 is 4.74 Å². The van der Waals surface area contributed by atoms with Gasteiger partial charge in [0.05, 0.1) is 24.2 Å². The number of imidazole rings is 1. The number of alkyl halides is 1. The number of thiazole rings is 1. The van der Waals surface area contributed by atoms with Crippen molar-refractivity contribution < 1.29 is 4.74 Å². The van der Waals surface area contributed by atoms with Crippen molar-refractivity contribution in [2.75, 3.05) is 7.11 Å². The standard InChI is InChI=1S/C13H13ClN4OS/c1-19-12-3-2-10-13(17-12)18(11(6-14)16-10)5-4-9-7-20-8-15-9/h2-3,7-8H,4-6H2,1H3. The Morgan fingerprint density at radius 3 is 2.95 bits per heavy atom. The lowest BCUT2D eigenvalue weighted by molar-refractivity contribution is 0.399. The molecule has 0 unspecified atom stereocenters. The summed E-state index contributed by atoms with van der Waals surface area (Å²) in [5, 5.41) is 2.05. The summed E-state index contributed by atoms with van der Waals surface area (Å²) in [6.45, 7) is 0.752. The minimum atomic E-state index is 0.357. The number of ether oxygens (including phenoxy) is 1. The molecule has 0 aliphatic heterocycles. The summed E-state index contributed by atoms with van der Waals surface area (Å²) in [5.41, 5.74) is 4.54. The van der Waals surface area contributed by atoms with E-state index < -0.39 is 0 Å². The highest BCUT2D eigenvalue weighted by Crippen LogP contribution is 2.19. The van der Waals surface area contributed by atoms with Crippen molar-refractivity contribution in [2.45, 2.75) is 18.8 Å². The largest absolute Gasteiger partial charge is 0.481 e. The number of pyridine rings is 1. The molecule has 0 N–H and O–H groups in total. The van der Waals surface area contributed by atoms with Crippen LogP contribution in [0.5, 0.6) is 5.88 Å². The molecule has 0 radical (unpaired) electrons. The Morgan fingerprint density at radius 1 is 1.35 bits per heavy atom. The lowest BCUT2D eigenvalue weighted by atomic mass is 10.3. The number of hydrogen-bond acceptors (Lipinski definition) is 5. The summed E-state index contributed by atoms with van der Waals surface area (Å²) in [6.07, 6.45) is 0.831. The first-order chi connectivity index (χ1) is 9.81. The molecule has 5 nitrogen and oxygen atoms in total. The molecule has 0 saturated carbocycles. The van der Waals surface area contributed by atoms with E-state index in [2.05, 4.69) is 15.0 Å². The quantitative estimate of drug-likeness (QED) is 0.680. The topological polar surface area (TPSA) is 52.8 Å². The fourth-order valence-electron chi connectivity index (χ4n) is 2.07. The Hall–Kier alpha value is -1.66. The van der Waals surface area contributed by atoms with Crippen LogP contribution in [0.15, 0.2) is 23.0 Å². The third-order valence-corrected chi connectivity index (χ3v) is 3.92. The molecule has 0 fully saturated rings. The minimum absolute atomic E-state index is 0.357. The Labute approximate surface area is 125 Å². The molecule has 0 saturated heterocycles. The van der Waals surface area contributed by atoms with Crippen molar-refractivity contribution in [3.05, 3.63) is 34.5 Å². The van der Waals surface area contributed by atoms with Gasteiger partial charge >= 0.3 is 0 Å². The molecule has 0 amide bonds. The van der Waals surface area contributed by atoms with Gasteiger partial charge < -0.3 is 9.30 Å². The van der Waals surface area contributed by atoms with Crippen LogP contribution in [0.25, 0.3) is 11.2 Å². The summed E-state index contributed by atoms with van der Waals surface area (Å²) >= 11 is 7.58. The minimum Gasteiger partial charge on any atom is -0.481 e. The number of rotatable bonds is 5. The first kappa shape index (κ1) is 13.3. The van der Waals surface area contributed by atoms with Crippen LogP contribution in [0.2, 0.25) is 0 Å². The number of aryl methyl sites for hydroxylation is 2. The maximum absolute atomic E-state index is 5.98. The first-order valence-electron chi connectivity index (χ1n) is 6.15. The number of hydrogen-bond donors (Lipinski definition) is 0. The number of methoxy groups -OCH3 is 1. The highest BCUT2D eigenvalue weighted by Gasteiger charge is 2.12. The summed E-state index contributed by atoms with van der Waals surface area (Å²) < 4.78 is 7.21. The van der Waals surface area contributed by atoms with E-state index in [9.17, 15) is 0 Å².